The van der Waals surface area contributed by atoms with Crippen LogP contribution < -0.4 is 0 Å². The lowest BCUT2D eigenvalue weighted by molar-refractivity contribution is -0.350. The zero-order chi connectivity index (χ0) is 33.7. The molecule has 14 unspecified atom stereocenters. The van der Waals surface area contributed by atoms with Crippen LogP contribution in [-0.4, -0.2) is 141 Å². The van der Waals surface area contributed by atoms with Gasteiger partial charge in [-0.25, -0.2) is 4.79 Å². The molecule has 7 N–H and O–H groups in total. The van der Waals surface area contributed by atoms with Crippen molar-refractivity contribution in [2.75, 3.05) is 13.7 Å². The highest BCUT2D eigenvalue weighted by Gasteiger charge is 2.52. The van der Waals surface area contributed by atoms with E-state index in [2.05, 4.69) is 4.89 Å². The quantitative estimate of drug-likeness (QED) is 0.0793. The summed E-state index contributed by atoms with van der Waals surface area (Å²) in [5, 5.41) is 72.6. The smallest absolute Gasteiger partial charge is 0.370 e. The van der Waals surface area contributed by atoms with E-state index in [1.807, 2.05) is 0 Å². The molecule has 0 amide bonds. The predicted molar refractivity (Wildman–Crippen MR) is 152 cm³/mol. The van der Waals surface area contributed by atoms with Crippen LogP contribution in [0.3, 0.4) is 0 Å². The highest BCUT2D eigenvalue weighted by molar-refractivity contribution is 5.74. The molecule has 0 bridgehead atoms. The predicted octanol–water partition coefficient (Wildman–Crippen LogP) is -1.02. The molecule has 15 atom stereocenters. The number of aliphatic hydroxyl groups excluding tert-OH is 6. The lowest BCUT2D eigenvalue weighted by Gasteiger charge is -2.47. The molecular weight excluding hydrogens is 616 g/mol. The van der Waals surface area contributed by atoms with Crippen LogP contribution in [0.1, 0.15) is 65.2 Å². The van der Waals surface area contributed by atoms with E-state index in [1.54, 1.807) is 6.92 Å². The van der Waals surface area contributed by atoms with Gasteiger partial charge in [-0.2, -0.15) is 5.26 Å². The molecule has 16 nitrogen and oxygen atoms in total. The van der Waals surface area contributed by atoms with E-state index in [-0.39, 0.29) is 18.8 Å². The molecule has 4 aliphatic rings. The molecule has 0 aromatic rings. The SMILES string of the molecule is COC(=O)C1CC(C)C(OC2OC(C)C(O)C(O)C2O)C(OC2OC(CO)C(O)C(O[C@@H](CC3CCCCC3)C(=O)OO)C2O)C1. The fourth-order valence-electron chi connectivity index (χ4n) is 7.13. The van der Waals surface area contributed by atoms with Crippen molar-refractivity contribution in [3.63, 3.8) is 0 Å². The van der Waals surface area contributed by atoms with Crippen molar-refractivity contribution in [3.05, 3.63) is 0 Å². The number of carbonyl (C=O) groups excluding carboxylic acids is 2. The Morgan fingerprint density at radius 1 is 0.826 bits per heavy atom. The summed E-state index contributed by atoms with van der Waals surface area (Å²) < 4.78 is 34.5. The maximum atomic E-state index is 12.6. The van der Waals surface area contributed by atoms with Gasteiger partial charge in [0, 0.05) is 0 Å². The first-order valence-electron chi connectivity index (χ1n) is 16.1. The molecule has 0 spiro atoms. The minimum Gasteiger partial charge on any atom is -0.469 e. The summed E-state index contributed by atoms with van der Waals surface area (Å²) in [6, 6.07) is 0. The van der Waals surface area contributed by atoms with Crippen LogP contribution in [0.2, 0.25) is 0 Å². The molecule has 2 aliphatic heterocycles. The third kappa shape index (κ3) is 8.54. The average molecular weight is 667 g/mol. The summed E-state index contributed by atoms with van der Waals surface area (Å²) in [6.45, 7) is 2.56. The van der Waals surface area contributed by atoms with Crippen LogP contribution in [0.25, 0.3) is 0 Å². The fraction of sp³-hybridized carbons (Fsp3) is 0.933. The highest BCUT2D eigenvalue weighted by Crippen LogP contribution is 2.39. The molecule has 266 valence electrons. The van der Waals surface area contributed by atoms with E-state index in [0.717, 1.165) is 32.1 Å². The summed E-state index contributed by atoms with van der Waals surface area (Å²) in [4.78, 5) is 29.1. The number of methoxy groups -OCH3 is 1. The first-order valence-corrected chi connectivity index (χ1v) is 16.1. The summed E-state index contributed by atoms with van der Waals surface area (Å²) >= 11 is 0. The molecule has 0 aromatic carbocycles. The van der Waals surface area contributed by atoms with Gasteiger partial charge in [0.05, 0.1) is 37.9 Å². The second kappa shape index (κ2) is 16.7. The third-order valence-electron chi connectivity index (χ3n) is 9.81. The van der Waals surface area contributed by atoms with Gasteiger partial charge in [0.25, 0.3) is 0 Å². The number of rotatable bonds is 11. The van der Waals surface area contributed by atoms with Gasteiger partial charge >= 0.3 is 11.9 Å². The Hall–Kier alpha value is -1.54. The van der Waals surface area contributed by atoms with E-state index in [4.69, 9.17) is 33.7 Å². The number of hydrogen-bond acceptors (Lipinski definition) is 16. The van der Waals surface area contributed by atoms with Crippen LogP contribution in [0.5, 0.6) is 0 Å². The van der Waals surface area contributed by atoms with E-state index >= 15 is 0 Å². The van der Waals surface area contributed by atoms with Gasteiger partial charge in [-0.05, 0) is 38.0 Å². The topological polar surface area (TPSA) is 240 Å². The molecule has 4 fully saturated rings. The monoisotopic (exact) mass is 666 g/mol. The van der Waals surface area contributed by atoms with Crippen LogP contribution >= 0.6 is 0 Å². The molecule has 16 heteroatoms. The number of hydrogen-bond donors (Lipinski definition) is 7. The number of esters is 1. The normalized spacial score (nSPS) is 43.1. The van der Waals surface area contributed by atoms with Gasteiger partial charge in [0.2, 0.25) is 0 Å². The number of aliphatic hydroxyl groups is 6. The van der Waals surface area contributed by atoms with Crippen LogP contribution in [-0.2, 0) is 42.9 Å². The third-order valence-corrected chi connectivity index (χ3v) is 9.81. The van der Waals surface area contributed by atoms with Crippen LogP contribution in [0.4, 0.5) is 0 Å². The molecule has 46 heavy (non-hydrogen) atoms. The van der Waals surface area contributed by atoms with Crippen LogP contribution in [0, 0.1) is 17.8 Å². The standard InChI is InChI=1S/C30H50O16/c1-13-9-16(27(37)40-3)11-17(25(13)45-29-23(35)22(34)20(32)14(2)41-29)43-30-24(36)26(21(33)19(12-31)44-30)42-18(28(38)46-39)10-15-7-5-4-6-8-15/h13-26,29-36,39H,4-12H2,1-3H3/t13?,14?,16?,17?,18-,19?,20?,21?,22?,23?,24?,25?,26?,29?,30?/m0/s1. The van der Waals surface area contributed by atoms with Crippen molar-refractivity contribution in [3.8, 4) is 0 Å². The molecule has 0 aromatic heterocycles. The van der Waals surface area contributed by atoms with E-state index in [9.17, 15) is 40.2 Å². The Bertz CT molecular complexity index is 979. The summed E-state index contributed by atoms with van der Waals surface area (Å²) in [6.07, 6.45) is -12.7. The summed E-state index contributed by atoms with van der Waals surface area (Å²) in [7, 11) is 1.25. The summed E-state index contributed by atoms with van der Waals surface area (Å²) in [5.74, 6) is -2.60. The van der Waals surface area contributed by atoms with E-state index in [0.29, 0.717) is 6.42 Å². The molecule has 2 heterocycles. The van der Waals surface area contributed by atoms with Gasteiger partial charge in [-0.3, -0.25) is 9.68 Å². The number of ether oxygens (including phenoxy) is 6. The minimum absolute atomic E-state index is 0.0107. The van der Waals surface area contributed by atoms with Crippen molar-refractivity contribution in [1.29, 1.82) is 0 Å². The Labute approximate surface area is 267 Å². The first-order chi connectivity index (χ1) is 21.9. The van der Waals surface area contributed by atoms with Crippen molar-refractivity contribution < 1.29 is 78.8 Å². The van der Waals surface area contributed by atoms with Crippen molar-refractivity contribution in [1.82, 2.24) is 0 Å². The second-order valence-corrected chi connectivity index (χ2v) is 13.1. The molecule has 0 radical (unpaired) electrons. The number of carbonyl (C=O) groups is 2. The summed E-state index contributed by atoms with van der Waals surface area (Å²) in [5.41, 5.74) is 0. The molecule has 2 saturated carbocycles. The maximum Gasteiger partial charge on any atom is 0.370 e. The van der Waals surface area contributed by atoms with Crippen LogP contribution in [0.15, 0.2) is 0 Å². The minimum atomic E-state index is -1.74. The van der Waals surface area contributed by atoms with Gasteiger partial charge in [-0.1, -0.05) is 39.0 Å². The lowest BCUT2D eigenvalue weighted by atomic mass is 9.78. The van der Waals surface area contributed by atoms with Crippen molar-refractivity contribution in [2.45, 2.75) is 145 Å². The van der Waals surface area contributed by atoms with Gasteiger partial charge in [0.1, 0.15) is 42.7 Å². The Balaban J connectivity index is 1.56. The van der Waals surface area contributed by atoms with E-state index < -0.39 is 110 Å². The lowest BCUT2D eigenvalue weighted by Crippen LogP contribution is -2.63. The highest BCUT2D eigenvalue weighted by atomic mass is 17.1. The second-order valence-electron chi connectivity index (χ2n) is 13.1. The first kappa shape index (κ1) is 37.3. The molecule has 2 aliphatic carbocycles. The zero-order valence-corrected chi connectivity index (χ0v) is 26.4. The van der Waals surface area contributed by atoms with Crippen molar-refractivity contribution in [2.24, 2.45) is 17.8 Å². The molecule has 4 rings (SSSR count). The maximum absolute atomic E-state index is 12.6. The molecule has 2 saturated heterocycles. The zero-order valence-electron chi connectivity index (χ0n) is 26.4. The van der Waals surface area contributed by atoms with Gasteiger partial charge in [-0.15, -0.1) is 0 Å². The van der Waals surface area contributed by atoms with Gasteiger partial charge in [0.15, 0.2) is 18.7 Å². The fourth-order valence-corrected chi connectivity index (χ4v) is 7.13. The van der Waals surface area contributed by atoms with E-state index in [1.165, 1.54) is 14.0 Å². The van der Waals surface area contributed by atoms with Gasteiger partial charge < -0.3 is 59.1 Å². The van der Waals surface area contributed by atoms with Crippen molar-refractivity contribution >= 4 is 11.9 Å². The Morgan fingerprint density at radius 3 is 2.13 bits per heavy atom. The largest absolute Gasteiger partial charge is 0.469 e. The Morgan fingerprint density at radius 2 is 1.50 bits per heavy atom. The Kier molecular flexibility index (Phi) is 13.5. The molecular formula is C30H50O16. The average Bonchev–Trinajstić information content (AvgIpc) is 3.05.